The summed E-state index contributed by atoms with van der Waals surface area (Å²) in [6.07, 6.45) is 2.72. The minimum absolute atomic E-state index is 0.00164. The summed E-state index contributed by atoms with van der Waals surface area (Å²) in [6, 6.07) is 26.2. The average Bonchev–Trinajstić information content (AvgIpc) is 3.03. The molecule has 4 rings (SSSR count). The first-order chi connectivity index (χ1) is 14.6. The Hall–Kier alpha value is -2.63. The molecule has 5 heteroatoms. The van der Waals surface area contributed by atoms with Crippen LogP contribution in [-0.4, -0.2) is 22.5 Å². The molecule has 0 radical (unpaired) electrons. The minimum Gasteiger partial charge on any atom is -0.286 e. The van der Waals surface area contributed by atoms with Crippen LogP contribution in [0.2, 0.25) is 0 Å². The number of carbonyl (C=O) groups is 1. The van der Waals surface area contributed by atoms with Crippen LogP contribution in [0.15, 0.2) is 93.2 Å². The predicted octanol–water partition coefficient (Wildman–Crippen LogP) is 6.60. The number of hydrogen-bond acceptors (Lipinski definition) is 3. The van der Waals surface area contributed by atoms with Gasteiger partial charge in [-0.05, 0) is 66.6 Å². The van der Waals surface area contributed by atoms with Gasteiger partial charge < -0.3 is 0 Å². The fourth-order valence-corrected chi connectivity index (χ4v) is 4.59. The summed E-state index contributed by atoms with van der Waals surface area (Å²) in [5, 5.41) is 0.723. The van der Waals surface area contributed by atoms with Crippen LogP contribution in [0.4, 0.5) is 5.69 Å². The fourth-order valence-electron chi connectivity index (χ4n) is 3.15. The fraction of sp³-hybridized carbons (Fsp3) is 0.120. The van der Waals surface area contributed by atoms with Crippen molar-refractivity contribution in [1.82, 2.24) is 4.90 Å². The molecule has 1 aliphatic heterocycles. The molecule has 3 aromatic rings. The third-order valence-corrected chi connectivity index (χ3v) is 6.26. The van der Waals surface area contributed by atoms with Crippen molar-refractivity contribution in [2.24, 2.45) is 4.99 Å². The third kappa shape index (κ3) is 5.10. The molecule has 1 heterocycles. The van der Waals surface area contributed by atoms with Crippen molar-refractivity contribution >= 4 is 50.5 Å². The van der Waals surface area contributed by atoms with E-state index in [-0.39, 0.29) is 5.91 Å². The Morgan fingerprint density at radius 1 is 1.00 bits per heavy atom. The molecule has 0 aromatic heterocycles. The largest absolute Gasteiger partial charge is 0.286 e. The van der Waals surface area contributed by atoms with E-state index in [1.165, 1.54) is 22.9 Å². The number of benzene rings is 3. The molecule has 30 heavy (non-hydrogen) atoms. The second-order valence-corrected chi connectivity index (χ2v) is 9.01. The highest BCUT2D eigenvalue weighted by Gasteiger charge is 2.33. The molecule has 1 saturated heterocycles. The Morgan fingerprint density at radius 2 is 1.77 bits per heavy atom. The van der Waals surface area contributed by atoms with E-state index in [0.717, 1.165) is 27.3 Å². The average molecular weight is 477 g/mol. The van der Waals surface area contributed by atoms with Crippen LogP contribution in [0, 0.1) is 6.92 Å². The van der Waals surface area contributed by atoms with E-state index in [2.05, 4.69) is 35.0 Å². The van der Waals surface area contributed by atoms with Gasteiger partial charge in [0, 0.05) is 11.0 Å². The van der Waals surface area contributed by atoms with Crippen molar-refractivity contribution in [3.05, 3.63) is 105 Å². The van der Waals surface area contributed by atoms with Crippen molar-refractivity contribution in [2.75, 3.05) is 6.54 Å². The molecule has 3 nitrogen and oxygen atoms in total. The topological polar surface area (TPSA) is 32.7 Å². The molecule has 1 amide bonds. The van der Waals surface area contributed by atoms with Gasteiger partial charge in [0.25, 0.3) is 5.91 Å². The lowest BCUT2D eigenvalue weighted by molar-refractivity contribution is -0.122. The Labute approximate surface area is 189 Å². The molecular weight excluding hydrogens is 456 g/mol. The number of thioether (sulfide) groups is 1. The number of halogens is 1. The van der Waals surface area contributed by atoms with Crippen LogP contribution in [0.25, 0.3) is 6.08 Å². The molecule has 0 unspecified atom stereocenters. The van der Waals surface area contributed by atoms with Crippen molar-refractivity contribution < 1.29 is 4.79 Å². The number of aliphatic imine (C=N–C) groups is 1. The molecule has 0 spiro atoms. The van der Waals surface area contributed by atoms with Crippen molar-refractivity contribution in [2.45, 2.75) is 13.3 Å². The van der Waals surface area contributed by atoms with Crippen molar-refractivity contribution in [3.63, 3.8) is 0 Å². The van der Waals surface area contributed by atoms with Crippen LogP contribution < -0.4 is 0 Å². The SMILES string of the molecule is Cc1ccc(N=C2S/C(=C/c3cccc(Br)c3)C(=O)N2CCc2ccccc2)cc1. The van der Waals surface area contributed by atoms with Crippen LogP contribution in [0.5, 0.6) is 0 Å². The summed E-state index contributed by atoms with van der Waals surface area (Å²) >= 11 is 4.93. The monoisotopic (exact) mass is 476 g/mol. The van der Waals surface area contributed by atoms with Gasteiger partial charge in [0.2, 0.25) is 0 Å². The van der Waals surface area contributed by atoms with E-state index in [4.69, 9.17) is 4.99 Å². The Bertz CT molecular complexity index is 1110. The molecule has 1 fully saturated rings. The van der Waals surface area contributed by atoms with E-state index < -0.39 is 0 Å². The quantitative estimate of drug-likeness (QED) is 0.388. The number of hydrogen-bond donors (Lipinski definition) is 0. The number of nitrogens with zero attached hydrogens (tertiary/aromatic N) is 2. The molecule has 1 aliphatic rings. The first-order valence-electron chi connectivity index (χ1n) is 9.75. The number of rotatable bonds is 5. The number of aryl methyl sites for hydroxylation is 1. The standard InChI is InChI=1S/C25H21BrN2OS/c1-18-10-12-22(13-11-18)27-25-28(15-14-19-6-3-2-4-7-19)24(29)23(30-25)17-20-8-5-9-21(26)16-20/h2-13,16-17H,14-15H2,1H3/b23-17+,27-25?. The first kappa shape index (κ1) is 20.6. The second kappa shape index (κ2) is 9.45. The van der Waals surface area contributed by atoms with Gasteiger partial charge in [-0.2, -0.15) is 0 Å². The number of amides is 1. The van der Waals surface area contributed by atoms with Gasteiger partial charge in [-0.25, -0.2) is 4.99 Å². The summed E-state index contributed by atoms with van der Waals surface area (Å²) in [6.45, 7) is 2.64. The van der Waals surface area contributed by atoms with Crippen molar-refractivity contribution in [1.29, 1.82) is 0 Å². The van der Waals surface area contributed by atoms with E-state index in [9.17, 15) is 4.79 Å². The van der Waals surface area contributed by atoms with Crippen molar-refractivity contribution in [3.8, 4) is 0 Å². The molecule has 150 valence electrons. The van der Waals surface area contributed by atoms with Gasteiger partial charge >= 0.3 is 0 Å². The Balaban J connectivity index is 1.64. The second-order valence-electron chi connectivity index (χ2n) is 7.09. The highest BCUT2D eigenvalue weighted by molar-refractivity contribution is 9.10. The maximum atomic E-state index is 13.2. The molecule has 3 aromatic carbocycles. The lowest BCUT2D eigenvalue weighted by atomic mass is 10.1. The molecule has 0 atom stereocenters. The molecule has 0 saturated carbocycles. The highest BCUT2D eigenvalue weighted by Crippen LogP contribution is 2.34. The summed E-state index contributed by atoms with van der Waals surface area (Å²) < 4.78 is 0.988. The maximum Gasteiger partial charge on any atom is 0.266 e. The minimum atomic E-state index is 0.00164. The Kier molecular flexibility index (Phi) is 6.50. The van der Waals surface area contributed by atoms with Crippen LogP contribution in [0.1, 0.15) is 16.7 Å². The zero-order valence-electron chi connectivity index (χ0n) is 16.6. The van der Waals surface area contributed by atoms with E-state index in [1.807, 2.05) is 72.8 Å². The van der Waals surface area contributed by atoms with E-state index in [1.54, 1.807) is 4.90 Å². The lowest BCUT2D eigenvalue weighted by Gasteiger charge is -2.15. The van der Waals surface area contributed by atoms with Gasteiger partial charge in [-0.3, -0.25) is 9.69 Å². The summed E-state index contributed by atoms with van der Waals surface area (Å²) in [7, 11) is 0. The molecule has 0 aliphatic carbocycles. The van der Waals surface area contributed by atoms with Gasteiger partial charge in [-0.1, -0.05) is 76.1 Å². The number of amidine groups is 1. The smallest absolute Gasteiger partial charge is 0.266 e. The normalized spacial score (nSPS) is 16.6. The molecule has 0 bridgehead atoms. The van der Waals surface area contributed by atoms with Crippen LogP contribution >= 0.6 is 27.7 Å². The van der Waals surface area contributed by atoms with Crippen LogP contribution in [0.3, 0.4) is 0 Å². The molecule has 0 N–H and O–H groups in total. The van der Waals surface area contributed by atoms with Gasteiger partial charge in [0.15, 0.2) is 5.17 Å². The summed E-state index contributed by atoms with van der Waals surface area (Å²) in [4.78, 5) is 20.5. The van der Waals surface area contributed by atoms with Gasteiger partial charge in [0.05, 0.1) is 10.6 Å². The first-order valence-corrected chi connectivity index (χ1v) is 11.4. The van der Waals surface area contributed by atoms with Crippen LogP contribution in [-0.2, 0) is 11.2 Å². The zero-order chi connectivity index (χ0) is 20.9. The third-order valence-electron chi connectivity index (χ3n) is 4.76. The predicted molar refractivity (Wildman–Crippen MR) is 130 cm³/mol. The van der Waals surface area contributed by atoms with E-state index in [0.29, 0.717) is 11.4 Å². The summed E-state index contributed by atoms with van der Waals surface area (Å²) in [5.74, 6) is 0.00164. The maximum absolute atomic E-state index is 13.2. The van der Waals surface area contributed by atoms with E-state index >= 15 is 0 Å². The molecular formula is C25H21BrN2OS. The van der Waals surface area contributed by atoms with Gasteiger partial charge in [-0.15, -0.1) is 0 Å². The number of carbonyl (C=O) groups excluding carboxylic acids is 1. The highest BCUT2D eigenvalue weighted by atomic mass is 79.9. The summed E-state index contributed by atoms with van der Waals surface area (Å²) in [5.41, 5.74) is 4.23. The lowest BCUT2D eigenvalue weighted by Crippen LogP contribution is -2.31. The zero-order valence-corrected chi connectivity index (χ0v) is 19.0. The van der Waals surface area contributed by atoms with Gasteiger partial charge in [0.1, 0.15) is 0 Å². The Morgan fingerprint density at radius 3 is 2.50 bits per heavy atom.